The quantitative estimate of drug-likeness (QED) is 0.402. The molecule has 2 aliphatic rings. The number of hydrogen-bond acceptors (Lipinski definition) is 2. The second-order valence-electron chi connectivity index (χ2n) is 10.3. The molecule has 2 aromatic rings. The van der Waals surface area contributed by atoms with Gasteiger partial charge < -0.3 is 0 Å². The molecule has 168 valence electrons. The second-order valence-corrected chi connectivity index (χ2v) is 10.3. The number of aryl methyl sites for hydroxylation is 1. The highest BCUT2D eigenvalue weighted by Crippen LogP contribution is 2.44. The predicted molar refractivity (Wildman–Crippen MR) is 131 cm³/mol. The molecule has 1 aromatic heterocycles. The van der Waals surface area contributed by atoms with E-state index < -0.39 is 0 Å². The van der Waals surface area contributed by atoms with E-state index in [-0.39, 0.29) is 0 Å². The maximum atomic E-state index is 4.54. The van der Waals surface area contributed by atoms with E-state index in [1.165, 1.54) is 88.2 Å². The zero-order chi connectivity index (χ0) is 21.5. The van der Waals surface area contributed by atoms with E-state index in [1.807, 2.05) is 12.4 Å². The van der Waals surface area contributed by atoms with Crippen molar-refractivity contribution in [2.75, 3.05) is 0 Å². The first kappa shape index (κ1) is 22.5. The van der Waals surface area contributed by atoms with Crippen molar-refractivity contribution >= 4 is 0 Å². The molecule has 0 amide bonds. The van der Waals surface area contributed by atoms with E-state index in [2.05, 4.69) is 48.1 Å². The molecule has 31 heavy (non-hydrogen) atoms. The van der Waals surface area contributed by atoms with Crippen molar-refractivity contribution in [3.8, 4) is 11.4 Å². The van der Waals surface area contributed by atoms with Gasteiger partial charge in [-0.05, 0) is 79.7 Å². The molecule has 0 spiro atoms. The number of nitrogens with zero attached hydrogens (tertiary/aromatic N) is 2. The highest BCUT2D eigenvalue weighted by atomic mass is 14.9. The Balaban J connectivity index is 1.24. The topological polar surface area (TPSA) is 25.8 Å². The van der Waals surface area contributed by atoms with Crippen molar-refractivity contribution in [2.45, 2.75) is 103 Å². The van der Waals surface area contributed by atoms with Crippen molar-refractivity contribution in [3.05, 3.63) is 47.8 Å². The summed E-state index contributed by atoms with van der Waals surface area (Å²) >= 11 is 0. The predicted octanol–water partition coefficient (Wildman–Crippen LogP) is 8.37. The van der Waals surface area contributed by atoms with E-state index >= 15 is 0 Å². The van der Waals surface area contributed by atoms with Crippen molar-refractivity contribution in [1.82, 2.24) is 9.97 Å². The van der Waals surface area contributed by atoms with Crippen LogP contribution < -0.4 is 0 Å². The van der Waals surface area contributed by atoms with E-state index in [0.717, 1.165) is 41.5 Å². The summed E-state index contributed by atoms with van der Waals surface area (Å²) in [6.07, 6.45) is 22.3. The van der Waals surface area contributed by atoms with Crippen LogP contribution in [0.2, 0.25) is 0 Å². The molecule has 0 unspecified atom stereocenters. The maximum Gasteiger partial charge on any atom is 0.159 e. The van der Waals surface area contributed by atoms with E-state index in [0.29, 0.717) is 0 Å². The summed E-state index contributed by atoms with van der Waals surface area (Å²) in [5, 5.41) is 0. The van der Waals surface area contributed by atoms with Crippen LogP contribution in [-0.4, -0.2) is 9.97 Å². The molecule has 2 heteroatoms. The molecule has 2 saturated carbocycles. The molecule has 0 radical (unpaired) electrons. The molecule has 0 N–H and O–H groups in total. The minimum absolute atomic E-state index is 0.749. The highest BCUT2D eigenvalue weighted by Gasteiger charge is 2.31. The Bertz CT molecular complexity index is 763. The lowest BCUT2D eigenvalue weighted by molar-refractivity contribution is 0.155. The van der Waals surface area contributed by atoms with E-state index in [4.69, 9.17) is 0 Å². The first-order valence-electron chi connectivity index (χ1n) is 13.2. The summed E-state index contributed by atoms with van der Waals surface area (Å²) in [6, 6.07) is 9.11. The van der Waals surface area contributed by atoms with Gasteiger partial charge in [0.25, 0.3) is 0 Å². The summed E-state index contributed by atoms with van der Waals surface area (Å²) in [7, 11) is 0. The van der Waals surface area contributed by atoms with Gasteiger partial charge in [-0.1, -0.05) is 76.6 Å². The van der Waals surface area contributed by atoms with Gasteiger partial charge in [0.05, 0.1) is 0 Å². The average Bonchev–Trinajstić information content (AvgIpc) is 2.85. The van der Waals surface area contributed by atoms with Gasteiger partial charge in [-0.3, -0.25) is 0 Å². The van der Waals surface area contributed by atoms with Crippen LogP contribution in [0.3, 0.4) is 0 Å². The molecule has 0 atom stereocenters. The van der Waals surface area contributed by atoms with Gasteiger partial charge in [-0.25, -0.2) is 9.97 Å². The molecule has 2 aliphatic carbocycles. The minimum Gasteiger partial charge on any atom is -0.236 e. The number of rotatable bonds is 8. The van der Waals surface area contributed by atoms with Gasteiger partial charge in [0.15, 0.2) is 5.82 Å². The summed E-state index contributed by atoms with van der Waals surface area (Å²) < 4.78 is 0. The van der Waals surface area contributed by atoms with Crippen LogP contribution in [-0.2, 0) is 6.42 Å². The lowest BCUT2D eigenvalue weighted by Gasteiger charge is -2.38. The summed E-state index contributed by atoms with van der Waals surface area (Å²) in [4.78, 5) is 9.08. The summed E-state index contributed by atoms with van der Waals surface area (Å²) in [5.74, 6) is 4.66. The zero-order valence-corrected chi connectivity index (χ0v) is 19.9. The van der Waals surface area contributed by atoms with Crippen LogP contribution in [0.1, 0.15) is 108 Å². The van der Waals surface area contributed by atoms with Crippen molar-refractivity contribution in [3.63, 3.8) is 0 Å². The highest BCUT2D eigenvalue weighted by molar-refractivity contribution is 5.55. The molecule has 0 aliphatic heterocycles. The van der Waals surface area contributed by atoms with Gasteiger partial charge >= 0.3 is 0 Å². The fourth-order valence-electron chi connectivity index (χ4n) is 6.15. The Labute approximate surface area is 190 Å². The standard InChI is InChI=1S/C29H42N2/c1-3-5-6-7-23-8-10-24(11-9-23)25-12-14-26(15-13-25)27-16-18-28(19-17-27)29-30-20-22(4-2)21-31-29/h16-21,23-26H,3-15H2,1-2H3/t23-,24-,25-,26-. The lowest BCUT2D eigenvalue weighted by atomic mass is 9.68. The Morgan fingerprint density at radius 2 is 1.35 bits per heavy atom. The number of unbranched alkanes of at least 4 members (excludes halogenated alkanes) is 2. The van der Waals surface area contributed by atoms with Crippen LogP contribution in [0.15, 0.2) is 36.7 Å². The lowest BCUT2D eigenvalue weighted by Crippen LogP contribution is -2.25. The monoisotopic (exact) mass is 418 g/mol. The maximum absolute atomic E-state index is 4.54. The van der Waals surface area contributed by atoms with Crippen molar-refractivity contribution in [1.29, 1.82) is 0 Å². The normalized spacial score (nSPS) is 26.6. The molecular formula is C29H42N2. The van der Waals surface area contributed by atoms with Crippen molar-refractivity contribution < 1.29 is 0 Å². The van der Waals surface area contributed by atoms with Crippen molar-refractivity contribution in [2.24, 2.45) is 17.8 Å². The third kappa shape index (κ3) is 5.96. The Morgan fingerprint density at radius 1 is 0.742 bits per heavy atom. The number of benzene rings is 1. The first-order chi connectivity index (χ1) is 15.3. The number of aromatic nitrogens is 2. The molecule has 2 nitrogen and oxygen atoms in total. The molecule has 4 rings (SSSR count). The van der Waals surface area contributed by atoms with Gasteiger partial charge in [0.1, 0.15) is 0 Å². The largest absolute Gasteiger partial charge is 0.236 e. The molecule has 0 bridgehead atoms. The molecule has 1 heterocycles. The first-order valence-corrected chi connectivity index (χ1v) is 13.2. The fraction of sp³-hybridized carbons (Fsp3) is 0.655. The Hall–Kier alpha value is -1.70. The Morgan fingerprint density at radius 3 is 1.94 bits per heavy atom. The molecular weight excluding hydrogens is 376 g/mol. The third-order valence-electron chi connectivity index (χ3n) is 8.30. The van der Waals surface area contributed by atoms with Crippen LogP contribution in [0, 0.1) is 17.8 Å². The van der Waals surface area contributed by atoms with Gasteiger partial charge in [0, 0.05) is 18.0 Å². The van der Waals surface area contributed by atoms with Crippen LogP contribution in [0.25, 0.3) is 11.4 Å². The van der Waals surface area contributed by atoms with Gasteiger partial charge in [0.2, 0.25) is 0 Å². The Kier molecular flexibility index (Phi) is 8.16. The summed E-state index contributed by atoms with van der Waals surface area (Å²) in [5.41, 5.74) is 3.85. The SMILES string of the molecule is CCCCC[C@H]1CC[C@H]([C@H]2CC[C@H](c3ccc(-c4ncc(CC)cn4)cc3)CC2)CC1. The summed E-state index contributed by atoms with van der Waals surface area (Å²) in [6.45, 7) is 4.46. The molecule has 2 fully saturated rings. The zero-order valence-electron chi connectivity index (χ0n) is 19.9. The van der Waals surface area contributed by atoms with Crippen LogP contribution in [0.4, 0.5) is 0 Å². The average molecular weight is 419 g/mol. The smallest absolute Gasteiger partial charge is 0.159 e. The minimum atomic E-state index is 0.749. The van der Waals surface area contributed by atoms with E-state index in [9.17, 15) is 0 Å². The van der Waals surface area contributed by atoms with Gasteiger partial charge in [-0.2, -0.15) is 0 Å². The van der Waals surface area contributed by atoms with E-state index in [1.54, 1.807) is 0 Å². The van der Waals surface area contributed by atoms with Gasteiger partial charge in [-0.15, -0.1) is 0 Å². The molecule has 1 aromatic carbocycles. The second kappa shape index (κ2) is 11.2. The number of hydrogen-bond donors (Lipinski definition) is 0. The third-order valence-corrected chi connectivity index (χ3v) is 8.30. The van der Waals surface area contributed by atoms with Crippen LogP contribution in [0.5, 0.6) is 0 Å². The fourth-order valence-corrected chi connectivity index (χ4v) is 6.15. The molecule has 0 saturated heterocycles. The van der Waals surface area contributed by atoms with Crippen LogP contribution >= 0.6 is 0 Å².